The molecule has 0 saturated carbocycles. The van der Waals surface area contributed by atoms with E-state index in [9.17, 15) is 18.4 Å². The van der Waals surface area contributed by atoms with Crippen LogP contribution in [0.3, 0.4) is 0 Å². The Balaban J connectivity index is 1.32. The fourth-order valence-electron chi connectivity index (χ4n) is 5.52. The van der Waals surface area contributed by atoms with Crippen LogP contribution in [0.2, 0.25) is 0 Å². The van der Waals surface area contributed by atoms with Crippen molar-refractivity contribution in [1.82, 2.24) is 20.1 Å². The molecular formula is C33H37F2N5O3. The van der Waals surface area contributed by atoms with Crippen molar-refractivity contribution >= 4 is 28.5 Å². The predicted octanol–water partition coefficient (Wildman–Crippen LogP) is 5.87. The molecule has 4 aromatic rings. The van der Waals surface area contributed by atoms with Gasteiger partial charge in [0.15, 0.2) is 0 Å². The van der Waals surface area contributed by atoms with Crippen LogP contribution in [0, 0.1) is 11.6 Å². The van der Waals surface area contributed by atoms with E-state index in [4.69, 9.17) is 4.74 Å². The number of aromatic nitrogens is 1. The molecule has 0 bridgehead atoms. The fraction of sp³-hybridized carbons (Fsp3) is 0.333. The summed E-state index contributed by atoms with van der Waals surface area (Å²) in [6, 6.07) is 16.9. The van der Waals surface area contributed by atoms with E-state index >= 15 is 0 Å². The second-order valence-electron chi connectivity index (χ2n) is 11.3. The molecule has 43 heavy (non-hydrogen) atoms. The van der Waals surface area contributed by atoms with Crippen molar-refractivity contribution in [3.05, 3.63) is 95.7 Å². The summed E-state index contributed by atoms with van der Waals surface area (Å²) in [6.07, 6.45) is 2.90. The van der Waals surface area contributed by atoms with E-state index < -0.39 is 23.7 Å². The summed E-state index contributed by atoms with van der Waals surface area (Å²) in [5, 5.41) is 6.63. The molecule has 2 atom stereocenters. The van der Waals surface area contributed by atoms with Crippen molar-refractivity contribution in [3.63, 3.8) is 0 Å². The Kier molecular flexibility index (Phi) is 9.25. The Labute approximate surface area is 250 Å². The lowest BCUT2D eigenvalue weighted by molar-refractivity contribution is -0.118. The van der Waals surface area contributed by atoms with Gasteiger partial charge in [0.2, 0.25) is 5.91 Å². The van der Waals surface area contributed by atoms with Gasteiger partial charge in [-0.25, -0.2) is 13.6 Å². The summed E-state index contributed by atoms with van der Waals surface area (Å²) in [5.41, 5.74) is 2.69. The molecule has 3 aromatic carbocycles. The van der Waals surface area contributed by atoms with Gasteiger partial charge in [0.05, 0.1) is 5.69 Å². The van der Waals surface area contributed by atoms with Crippen LogP contribution in [0.1, 0.15) is 36.8 Å². The molecule has 1 aliphatic heterocycles. The summed E-state index contributed by atoms with van der Waals surface area (Å²) in [6.45, 7) is 3.31. The zero-order chi connectivity index (χ0) is 30.5. The number of hydrogen-bond acceptors (Lipinski definition) is 4. The maximum absolute atomic E-state index is 14.8. The summed E-state index contributed by atoms with van der Waals surface area (Å²) >= 11 is 0. The Hall–Kier alpha value is -4.44. The van der Waals surface area contributed by atoms with Gasteiger partial charge >= 0.3 is 6.03 Å². The van der Waals surface area contributed by atoms with E-state index in [1.165, 1.54) is 18.2 Å². The number of urea groups is 1. The molecule has 1 saturated heterocycles. The van der Waals surface area contributed by atoms with Gasteiger partial charge in [-0.1, -0.05) is 31.2 Å². The van der Waals surface area contributed by atoms with Crippen molar-refractivity contribution in [2.24, 2.45) is 0 Å². The van der Waals surface area contributed by atoms with E-state index in [0.29, 0.717) is 38.2 Å². The molecule has 0 aliphatic carbocycles. The van der Waals surface area contributed by atoms with Crippen LogP contribution in [0.25, 0.3) is 10.9 Å². The number of carbonyl (C=O) groups excluding carboxylic acids is 2. The molecule has 226 valence electrons. The minimum absolute atomic E-state index is 0.0634. The molecule has 2 heterocycles. The largest absolute Gasteiger partial charge is 0.490 e. The number of fused-ring (bicyclic) bond motifs is 1. The minimum Gasteiger partial charge on any atom is -0.490 e. The van der Waals surface area contributed by atoms with E-state index in [2.05, 4.69) is 15.6 Å². The summed E-state index contributed by atoms with van der Waals surface area (Å²) in [4.78, 5) is 34.2. The van der Waals surface area contributed by atoms with Gasteiger partial charge < -0.3 is 30.2 Å². The van der Waals surface area contributed by atoms with Crippen LogP contribution < -0.4 is 15.4 Å². The highest BCUT2D eigenvalue weighted by molar-refractivity contribution is 5.98. The maximum atomic E-state index is 14.8. The topological polar surface area (TPSA) is 89.7 Å². The van der Waals surface area contributed by atoms with Gasteiger partial charge in [0.1, 0.15) is 29.5 Å². The first-order chi connectivity index (χ1) is 20.7. The zero-order valence-corrected chi connectivity index (χ0v) is 24.6. The summed E-state index contributed by atoms with van der Waals surface area (Å²) in [5.74, 6) is -1.25. The average Bonchev–Trinajstić information content (AvgIpc) is 3.43. The molecule has 5 rings (SSSR count). The quantitative estimate of drug-likeness (QED) is 0.228. The van der Waals surface area contributed by atoms with E-state index in [1.54, 1.807) is 29.2 Å². The zero-order valence-electron chi connectivity index (χ0n) is 24.6. The number of halogens is 2. The number of ether oxygens (including phenoxy) is 1. The second-order valence-corrected chi connectivity index (χ2v) is 11.3. The van der Waals surface area contributed by atoms with Crippen molar-refractivity contribution < 1.29 is 23.1 Å². The van der Waals surface area contributed by atoms with Crippen LogP contribution in [-0.4, -0.2) is 66.1 Å². The summed E-state index contributed by atoms with van der Waals surface area (Å²) in [7, 11) is 3.82. The van der Waals surface area contributed by atoms with Crippen LogP contribution in [0.5, 0.6) is 5.75 Å². The number of para-hydroxylation sites is 1. The number of carbonyl (C=O) groups is 2. The number of likely N-dealkylation sites (tertiary alicyclic amines) is 1. The third-order valence-corrected chi connectivity index (χ3v) is 7.81. The van der Waals surface area contributed by atoms with Crippen LogP contribution >= 0.6 is 0 Å². The van der Waals surface area contributed by atoms with Crippen LogP contribution in [-0.2, 0) is 11.3 Å². The van der Waals surface area contributed by atoms with Crippen molar-refractivity contribution in [1.29, 1.82) is 0 Å². The molecule has 10 heteroatoms. The van der Waals surface area contributed by atoms with E-state index in [1.807, 2.05) is 56.4 Å². The SMILES string of the molecule is C[C@H](c1c[nH]c2ccccc12)[C@@H](NC(=O)N1CCC(Oc2ccc(F)cc2)CC1)C(=O)Nc1cc(CN(C)C)ccc1F. The molecule has 1 aliphatic rings. The standard InChI is InChI=1S/C33H37F2N5O3/c1-21(27-19-36-29-7-5-4-6-26(27)29)31(32(41)37-30-18-22(20-39(2)3)8-13-28(30)35)38-33(42)40-16-14-25(15-17-40)43-24-11-9-23(34)10-12-24/h4-13,18-19,21,25,31,36H,14-17,20H2,1-3H3,(H,37,41)(H,38,42)/t21-,31-/m1/s1. The van der Waals surface area contributed by atoms with E-state index in [-0.39, 0.29) is 23.6 Å². The smallest absolute Gasteiger partial charge is 0.318 e. The van der Waals surface area contributed by atoms with Crippen molar-refractivity contribution in [3.8, 4) is 5.75 Å². The van der Waals surface area contributed by atoms with Gasteiger partial charge in [-0.15, -0.1) is 0 Å². The Bertz CT molecular complexity index is 1560. The lowest BCUT2D eigenvalue weighted by Gasteiger charge is -2.34. The number of hydrogen-bond donors (Lipinski definition) is 3. The number of piperidine rings is 1. The lowest BCUT2D eigenvalue weighted by Crippen LogP contribution is -2.53. The Morgan fingerprint density at radius 2 is 1.77 bits per heavy atom. The number of rotatable bonds is 9. The highest BCUT2D eigenvalue weighted by Crippen LogP contribution is 2.29. The third-order valence-electron chi connectivity index (χ3n) is 7.81. The summed E-state index contributed by atoms with van der Waals surface area (Å²) < 4.78 is 34.0. The third kappa shape index (κ3) is 7.32. The minimum atomic E-state index is -0.989. The highest BCUT2D eigenvalue weighted by Gasteiger charge is 2.33. The monoisotopic (exact) mass is 589 g/mol. The Morgan fingerprint density at radius 3 is 2.49 bits per heavy atom. The molecule has 0 radical (unpaired) electrons. The molecule has 0 unspecified atom stereocenters. The first-order valence-electron chi connectivity index (χ1n) is 14.5. The molecule has 3 N–H and O–H groups in total. The number of aromatic amines is 1. The lowest BCUT2D eigenvalue weighted by atomic mass is 9.92. The number of anilines is 1. The van der Waals surface area contributed by atoms with Gasteiger partial charge in [0, 0.05) is 55.5 Å². The number of nitrogens with one attached hydrogen (secondary N) is 3. The second kappa shape index (κ2) is 13.2. The van der Waals surface area contributed by atoms with Gasteiger partial charge in [0.25, 0.3) is 0 Å². The number of benzene rings is 3. The molecular weight excluding hydrogens is 552 g/mol. The first kappa shape index (κ1) is 30.0. The van der Waals surface area contributed by atoms with Crippen molar-refractivity contribution in [2.45, 2.75) is 44.4 Å². The maximum Gasteiger partial charge on any atom is 0.318 e. The Morgan fingerprint density at radius 1 is 1.05 bits per heavy atom. The number of H-pyrrole nitrogens is 1. The molecule has 1 aromatic heterocycles. The average molecular weight is 590 g/mol. The molecule has 0 spiro atoms. The fourth-order valence-corrected chi connectivity index (χ4v) is 5.52. The van der Waals surface area contributed by atoms with Crippen molar-refractivity contribution in [2.75, 3.05) is 32.5 Å². The van der Waals surface area contributed by atoms with Crippen LogP contribution in [0.15, 0.2) is 72.9 Å². The van der Waals surface area contributed by atoms with Gasteiger partial charge in [-0.05, 0) is 67.7 Å². The molecule has 1 fully saturated rings. The van der Waals surface area contributed by atoms with Gasteiger partial charge in [-0.3, -0.25) is 4.79 Å². The first-order valence-corrected chi connectivity index (χ1v) is 14.5. The predicted molar refractivity (Wildman–Crippen MR) is 163 cm³/mol. The van der Waals surface area contributed by atoms with E-state index in [0.717, 1.165) is 22.0 Å². The normalized spacial score (nSPS) is 15.3. The number of nitrogens with zero attached hydrogens (tertiary/aromatic N) is 2. The molecule has 8 nitrogen and oxygen atoms in total. The molecule has 3 amide bonds. The number of amides is 3. The van der Waals surface area contributed by atoms with Crippen LogP contribution in [0.4, 0.5) is 19.3 Å². The van der Waals surface area contributed by atoms with Gasteiger partial charge in [-0.2, -0.15) is 0 Å². The highest BCUT2D eigenvalue weighted by atomic mass is 19.1.